The Morgan fingerprint density at radius 3 is 1.90 bits per heavy atom. The number of methoxy groups -OCH3 is 3. The zero-order valence-corrected chi connectivity index (χ0v) is 18.6. The Balaban J connectivity index is 1.62. The summed E-state index contributed by atoms with van der Waals surface area (Å²) in [4.78, 5) is 14.4. The largest absolute Gasteiger partial charge is 0.497 e. The predicted octanol–water partition coefficient (Wildman–Crippen LogP) is 2.26. The fourth-order valence-corrected chi connectivity index (χ4v) is 4.67. The number of piperazine rings is 1. The molecule has 0 atom stereocenters. The van der Waals surface area contributed by atoms with Crippen LogP contribution in [0.2, 0.25) is 0 Å². The molecule has 2 aromatic rings. The molecule has 1 fully saturated rings. The molecule has 0 aromatic heterocycles. The van der Waals surface area contributed by atoms with Gasteiger partial charge >= 0.3 is 0 Å². The van der Waals surface area contributed by atoms with Crippen LogP contribution in [0.1, 0.15) is 5.56 Å². The van der Waals surface area contributed by atoms with Crippen LogP contribution in [-0.2, 0) is 14.8 Å². The minimum Gasteiger partial charge on any atom is -0.497 e. The maximum absolute atomic E-state index is 12.8. The zero-order valence-electron chi connectivity index (χ0n) is 17.8. The van der Waals surface area contributed by atoms with Crippen molar-refractivity contribution in [1.29, 1.82) is 0 Å². The minimum absolute atomic E-state index is 0.178. The summed E-state index contributed by atoms with van der Waals surface area (Å²) in [6.07, 6.45) is 3.16. The maximum Gasteiger partial charge on any atom is 0.246 e. The van der Waals surface area contributed by atoms with Gasteiger partial charge in [-0.05, 0) is 48.0 Å². The Bertz CT molecular complexity index is 1020. The molecule has 1 amide bonds. The highest BCUT2D eigenvalue weighted by atomic mass is 32.2. The quantitative estimate of drug-likeness (QED) is 0.607. The van der Waals surface area contributed by atoms with Gasteiger partial charge in [0.2, 0.25) is 15.9 Å². The Kier molecular flexibility index (Phi) is 7.19. The summed E-state index contributed by atoms with van der Waals surface area (Å²) >= 11 is 0. The van der Waals surface area contributed by atoms with Crippen LogP contribution in [0, 0.1) is 0 Å². The van der Waals surface area contributed by atoms with E-state index in [0.29, 0.717) is 30.3 Å². The van der Waals surface area contributed by atoms with Crippen LogP contribution < -0.4 is 14.2 Å². The first-order valence-electron chi connectivity index (χ1n) is 9.71. The predicted molar refractivity (Wildman–Crippen MR) is 117 cm³/mol. The number of sulfonamides is 1. The van der Waals surface area contributed by atoms with E-state index in [1.165, 1.54) is 29.6 Å². The highest BCUT2D eigenvalue weighted by molar-refractivity contribution is 7.89. The lowest BCUT2D eigenvalue weighted by atomic mass is 10.2. The highest BCUT2D eigenvalue weighted by Gasteiger charge is 2.29. The Labute approximate surface area is 182 Å². The van der Waals surface area contributed by atoms with Crippen molar-refractivity contribution in [3.8, 4) is 17.2 Å². The number of nitrogens with zero attached hydrogens (tertiary/aromatic N) is 2. The number of hydrogen-bond acceptors (Lipinski definition) is 6. The van der Waals surface area contributed by atoms with Crippen molar-refractivity contribution >= 4 is 22.0 Å². The standard InChI is InChI=1S/C22H26N2O6S/c1-28-18-5-7-21(8-6-18)31(26,27)24-12-10-23(11-13-24)22(25)9-4-17-14-19(29-2)16-20(15-17)30-3/h4-9,14-16H,10-13H2,1-3H3/b9-4+. The van der Waals surface area contributed by atoms with Crippen molar-refractivity contribution in [2.24, 2.45) is 0 Å². The average molecular weight is 447 g/mol. The van der Waals surface area contributed by atoms with Crippen molar-refractivity contribution < 1.29 is 27.4 Å². The molecular weight excluding hydrogens is 420 g/mol. The first kappa shape index (κ1) is 22.6. The summed E-state index contributed by atoms with van der Waals surface area (Å²) in [7, 11) is 1.04. The van der Waals surface area contributed by atoms with Crippen LogP contribution in [0.5, 0.6) is 17.2 Å². The molecule has 1 aliphatic heterocycles. The summed E-state index contributed by atoms with van der Waals surface area (Å²) in [6, 6.07) is 11.6. The number of amides is 1. The van der Waals surface area contributed by atoms with Crippen LogP contribution in [-0.4, -0.2) is 71.0 Å². The third-order valence-corrected chi connectivity index (χ3v) is 6.95. The lowest BCUT2D eigenvalue weighted by Gasteiger charge is -2.33. The second-order valence-corrected chi connectivity index (χ2v) is 8.82. The molecule has 0 aliphatic carbocycles. The van der Waals surface area contributed by atoms with Gasteiger partial charge in [-0.2, -0.15) is 4.31 Å². The van der Waals surface area contributed by atoms with Crippen LogP contribution in [0.4, 0.5) is 0 Å². The van der Waals surface area contributed by atoms with Gasteiger partial charge in [-0.25, -0.2) is 8.42 Å². The van der Waals surface area contributed by atoms with Crippen molar-refractivity contribution in [3.63, 3.8) is 0 Å². The summed E-state index contributed by atoms with van der Waals surface area (Å²) in [5.41, 5.74) is 0.769. The van der Waals surface area contributed by atoms with Crippen LogP contribution in [0.3, 0.4) is 0 Å². The second-order valence-electron chi connectivity index (χ2n) is 6.88. The molecular formula is C22H26N2O6S. The van der Waals surface area contributed by atoms with E-state index < -0.39 is 10.0 Å². The van der Waals surface area contributed by atoms with E-state index in [-0.39, 0.29) is 23.9 Å². The molecule has 1 aliphatic rings. The van der Waals surface area contributed by atoms with Gasteiger partial charge in [0.15, 0.2) is 0 Å². The number of carbonyl (C=O) groups excluding carboxylic acids is 1. The van der Waals surface area contributed by atoms with Gasteiger partial charge in [0.1, 0.15) is 17.2 Å². The summed E-state index contributed by atoms with van der Waals surface area (Å²) in [5, 5.41) is 0. The van der Waals surface area contributed by atoms with E-state index in [9.17, 15) is 13.2 Å². The lowest BCUT2D eigenvalue weighted by molar-refractivity contribution is -0.127. The number of carbonyl (C=O) groups is 1. The number of hydrogen-bond donors (Lipinski definition) is 0. The number of ether oxygens (including phenoxy) is 3. The SMILES string of the molecule is COc1ccc(S(=O)(=O)N2CCN(C(=O)/C=C/c3cc(OC)cc(OC)c3)CC2)cc1. The van der Waals surface area contributed by atoms with Crippen molar-refractivity contribution in [2.75, 3.05) is 47.5 Å². The fourth-order valence-electron chi connectivity index (χ4n) is 3.24. The third-order valence-electron chi connectivity index (χ3n) is 5.04. The fraction of sp³-hybridized carbons (Fsp3) is 0.318. The average Bonchev–Trinajstić information content (AvgIpc) is 2.82. The van der Waals surface area contributed by atoms with E-state index in [0.717, 1.165) is 5.56 Å². The third kappa shape index (κ3) is 5.36. The van der Waals surface area contributed by atoms with Gasteiger partial charge in [0.05, 0.1) is 26.2 Å². The molecule has 8 nitrogen and oxygen atoms in total. The molecule has 0 unspecified atom stereocenters. The van der Waals surface area contributed by atoms with Gasteiger partial charge in [0, 0.05) is 38.3 Å². The topological polar surface area (TPSA) is 85.4 Å². The molecule has 0 saturated carbocycles. The Morgan fingerprint density at radius 1 is 0.839 bits per heavy atom. The molecule has 1 saturated heterocycles. The number of rotatable bonds is 7. The first-order chi connectivity index (χ1) is 14.9. The van der Waals surface area contributed by atoms with Crippen molar-refractivity contribution in [2.45, 2.75) is 4.90 Å². The highest BCUT2D eigenvalue weighted by Crippen LogP contribution is 2.24. The lowest BCUT2D eigenvalue weighted by Crippen LogP contribution is -2.50. The molecule has 3 rings (SSSR count). The van der Waals surface area contributed by atoms with Crippen LogP contribution >= 0.6 is 0 Å². The smallest absolute Gasteiger partial charge is 0.246 e. The molecule has 2 aromatic carbocycles. The van der Waals surface area contributed by atoms with E-state index in [4.69, 9.17) is 14.2 Å². The molecule has 1 heterocycles. The second kappa shape index (κ2) is 9.84. The van der Waals surface area contributed by atoms with Gasteiger partial charge < -0.3 is 19.1 Å². The van der Waals surface area contributed by atoms with Gasteiger partial charge in [-0.1, -0.05) is 0 Å². The Morgan fingerprint density at radius 2 is 1.39 bits per heavy atom. The minimum atomic E-state index is -3.61. The van der Waals surface area contributed by atoms with E-state index in [1.807, 2.05) is 0 Å². The molecule has 9 heteroatoms. The molecule has 166 valence electrons. The summed E-state index contributed by atoms with van der Waals surface area (Å²) in [6.45, 7) is 1.11. The van der Waals surface area contributed by atoms with Crippen molar-refractivity contribution in [1.82, 2.24) is 9.21 Å². The zero-order chi connectivity index (χ0) is 22.4. The monoisotopic (exact) mass is 446 g/mol. The molecule has 0 radical (unpaired) electrons. The van der Waals surface area contributed by atoms with E-state index >= 15 is 0 Å². The molecule has 0 bridgehead atoms. The molecule has 0 spiro atoms. The van der Waals surface area contributed by atoms with Gasteiger partial charge in [-0.3, -0.25) is 4.79 Å². The summed E-state index contributed by atoms with van der Waals surface area (Å²) < 4.78 is 42.6. The van der Waals surface area contributed by atoms with Crippen LogP contribution in [0.15, 0.2) is 53.4 Å². The number of benzene rings is 2. The van der Waals surface area contributed by atoms with Crippen molar-refractivity contribution in [3.05, 3.63) is 54.1 Å². The van der Waals surface area contributed by atoms with Crippen LogP contribution in [0.25, 0.3) is 6.08 Å². The Hall–Kier alpha value is -3.04. The van der Waals surface area contributed by atoms with E-state index in [2.05, 4.69) is 0 Å². The summed E-state index contributed by atoms with van der Waals surface area (Å²) in [5.74, 6) is 1.67. The normalized spacial score (nSPS) is 15.1. The maximum atomic E-state index is 12.8. The first-order valence-corrected chi connectivity index (χ1v) is 11.2. The van der Waals surface area contributed by atoms with E-state index in [1.54, 1.807) is 55.5 Å². The molecule has 0 N–H and O–H groups in total. The van der Waals surface area contributed by atoms with Gasteiger partial charge in [-0.15, -0.1) is 0 Å². The molecule has 31 heavy (non-hydrogen) atoms. The van der Waals surface area contributed by atoms with Gasteiger partial charge in [0.25, 0.3) is 0 Å².